The van der Waals surface area contributed by atoms with E-state index in [1.165, 1.54) is 23.3 Å². The summed E-state index contributed by atoms with van der Waals surface area (Å²) in [4.78, 5) is 26.8. The molecule has 0 heterocycles. The number of hydroxylamine groups is 2. The van der Waals surface area contributed by atoms with Crippen molar-refractivity contribution in [3.05, 3.63) is 63.3 Å². The van der Waals surface area contributed by atoms with Crippen LogP contribution in [0.5, 0.6) is 0 Å². The number of carbonyl (C=O) groups excluding carboxylic acids is 2. The molecule has 2 aromatic carbocycles. The molecule has 0 fully saturated rings. The number of benzene rings is 2. The Balaban J connectivity index is 2.01. The fraction of sp³-hybridized carbons (Fsp3) is 0.176. The van der Waals surface area contributed by atoms with Crippen molar-refractivity contribution in [3.8, 4) is 0 Å². The van der Waals surface area contributed by atoms with Gasteiger partial charge in [0, 0.05) is 21.7 Å². The van der Waals surface area contributed by atoms with Crippen LogP contribution in [-0.4, -0.2) is 30.4 Å². The first-order valence-corrected chi connectivity index (χ1v) is 8.51. The number of rotatable bonds is 8. The molecular formula is C17H15BrClFN2O3. The Morgan fingerprint density at radius 2 is 2.08 bits per heavy atom. The largest absolute Gasteiger partial charge is 0.390 e. The summed E-state index contributed by atoms with van der Waals surface area (Å²) in [5.41, 5.74) is 1.45. The van der Waals surface area contributed by atoms with Crippen LogP contribution in [0.1, 0.15) is 5.56 Å². The van der Waals surface area contributed by atoms with Gasteiger partial charge in [-0.15, -0.1) is 5.06 Å². The quantitative estimate of drug-likeness (QED) is 0.393. The van der Waals surface area contributed by atoms with Gasteiger partial charge in [-0.25, -0.2) is 9.18 Å². The van der Waals surface area contributed by atoms with Gasteiger partial charge in [0.25, 0.3) is 0 Å². The van der Waals surface area contributed by atoms with Crippen LogP contribution in [0.2, 0.25) is 5.02 Å². The lowest BCUT2D eigenvalue weighted by Crippen LogP contribution is -2.32. The van der Waals surface area contributed by atoms with E-state index in [0.29, 0.717) is 12.1 Å². The van der Waals surface area contributed by atoms with Gasteiger partial charge in [0.05, 0.1) is 13.1 Å². The highest BCUT2D eigenvalue weighted by atomic mass is 79.9. The smallest absolute Gasteiger partial charge is 0.383 e. The molecule has 2 rings (SSSR count). The van der Waals surface area contributed by atoms with E-state index in [1.807, 2.05) is 24.3 Å². The van der Waals surface area contributed by atoms with Crippen LogP contribution in [0.15, 0.2) is 46.9 Å². The number of hydrogen-bond acceptors (Lipinski definition) is 5. The third-order valence-corrected chi connectivity index (χ3v) is 4.27. The minimum atomic E-state index is -1.01. The van der Waals surface area contributed by atoms with E-state index in [9.17, 15) is 14.0 Å². The zero-order valence-electron chi connectivity index (χ0n) is 13.0. The van der Waals surface area contributed by atoms with Crippen LogP contribution in [0.25, 0.3) is 0 Å². The molecule has 0 aliphatic rings. The van der Waals surface area contributed by atoms with Crippen molar-refractivity contribution >= 4 is 45.5 Å². The predicted octanol–water partition coefficient (Wildman–Crippen LogP) is 3.81. The van der Waals surface area contributed by atoms with Crippen LogP contribution < -0.4 is 5.32 Å². The highest BCUT2D eigenvalue weighted by molar-refractivity contribution is 9.10. The molecule has 0 amide bonds. The monoisotopic (exact) mass is 428 g/mol. The summed E-state index contributed by atoms with van der Waals surface area (Å²) in [7, 11) is 0. The second kappa shape index (κ2) is 9.50. The second-order valence-corrected chi connectivity index (χ2v) is 6.30. The van der Waals surface area contributed by atoms with Crippen LogP contribution in [-0.2, 0) is 21.0 Å². The molecule has 5 nitrogen and oxygen atoms in total. The van der Waals surface area contributed by atoms with Crippen LogP contribution in [0.3, 0.4) is 0 Å². The first-order valence-electron chi connectivity index (χ1n) is 7.34. The number of carbonyl (C=O) groups is 2. The lowest BCUT2D eigenvalue weighted by Gasteiger charge is -2.21. The summed E-state index contributed by atoms with van der Waals surface area (Å²) in [5.74, 6) is -1.47. The number of anilines is 1. The number of para-hydroxylation sites is 1. The van der Waals surface area contributed by atoms with Gasteiger partial charge < -0.3 is 10.2 Å². The molecule has 132 valence electrons. The van der Waals surface area contributed by atoms with Gasteiger partial charge in [0.2, 0.25) is 6.29 Å². The third-order valence-electron chi connectivity index (χ3n) is 3.23. The highest BCUT2D eigenvalue weighted by Gasteiger charge is 2.14. The van der Waals surface area contributed by atoms with Gasteiger partial charge in [-0.3, -0.25) is 4.79 Å². The summed E-state index contributed by atoms with van der Waals surface area (Å²) in [6, 6.07) is 11.5. The number of nitrogens with one attached hydrogen (secondary N) is 1. The van der Waals surface area contributed by atoms with Gasteiger partial charge in [-0.1, -0.05) is 29.8 Å². The molecule has 0 saturated carbocycles. The standard InChI is InChI=1S/C17H15BrClFN2O3/c18-14-3-1-2-4-16(14)21-7-8-22(25-17(24)11-23)10-12-5-6-13(20)9-15(12)19/h1-6,9,11,21H,7-8,10H2. The van der Waals surface area contributed by atoms with E-state index in [1.54, 1.807) is 0 Å². The molecule has 25 heavy (non-hydrogen) atoms. The molecule has 0 aliphatic heterocycles. The Kier molecular flexibility index (Phi) is 7.36. The lowest BCUT2D eigenvalue weighted by atomic mass is 10.2. The fourth-order valence-electron chi connectivity index (χ4n) is 2.07. The Morgan fingerprint density at radius 3 is 2.76 bits per heavy atom. The molecule has 0 saturated heterocycles. The topological polar surface area (TPSA) is 58.6 Å². The van der Waals surface area contributed by atoms with Gasteiger partial charge in [0.1, 0.15) is 5.82 Å². The van der Waals surface area contributed by atoms with Gasteiger partial charge in [0.15, 0.2) is 0 Å². The molecule has 0 bridgehead atoms. The molecule has 8 heteroatoms. The molecule has 0 radical (unpaired) electrons. The maximum atomic E-state index is 13.1. The first kappa shape index (κ1) is 19.4. The number of halogens is 3. The van der Waals surface area contributed by atoms with Gasteiger partial charge in [-0.2, -0.15) is 0 Å². The molecule has 0 aliphatic carbocycles. The van der Waals surface area contributed by atoms with Crippen LogP contribution in [0.4, 0.5) is 10.1 Å². The average Bonchev–Trinajstić information content (AvgIpc) is 2.58. The molecule has 0 unspecified atom stereocenters. The van der Waals surface area contributed by atoms with Crippen LogP contribution >= 0.6 is 27.5 Å². The van der Waals surface area contributed by atoms with E-state index in [2.05, 4.69) is 21.2 Å². The Hall–Kier alpha value is -1.96. The van der Waals surface area contributed by atoms with Crippen molar-refractivity contribution in [3.63, 3.8) is 0 Å². The number of aldehydes is 1. The Labute approximate surface area is 157 Å². The lowest BCUT2D eigenvalue weighted by molar-refractivity contribution is -0.191. The van der Waals surface area contributed by atoms with Crippen LogP contribution in [0, 0.1) is 5.82 Å². The summed E-state index contributed by atoms with van der Waals surface area (Å²) in [6.07, 6.45) is 0.0838. The maximum Gasteiger partial charge on any atom is 0.390 e. The van der Waals surface area contributed by atoms with E-state index in [4.69, 9.17) is 16.4 Å². The summed E-state index contributed by atoms with van der Waals surface area (Å²) in [5, 5.41) is 4.69. The van der Waals surface area contributed by atoms with Crippen molar-refractivity contribution < 1.29 is 18.8 Å². The van der Waals surface area contributed by atoms with E-state index in [-0.39, 0.29) is 24.4 Å². The SMILES string of the molecule is O=CC(=O)ON(CCNc1ccccc1Br)Cc1ccc(F)cc1Cl. The summed E-state index contributed by atoms with van der Waals surface area (Å²) in [6.45, 7) is 0.846. The molecule has 2 aromatic rings. The molecule has 0 spiro atoms. The second-order valence-electron chi connectivity index (χ2n) is 5.03. The third kappa shape index (κ3) is 6.12. The zero-order chi connectivity index (χ0) is 18.2. The van der Waals surface area contributed by atoms with E-state index in [0.717, 1.165) is 10.2 Å². The zero-order valence-corrected chi connectivity index (χ0v) is 15.4. The Bertz CT molecular complexity index is 760. The fourth-order valence-corrected chi connectivity index (χ4v) is 2.72. The summed E-state index contributed by atoms with van der Waals surface area (Å²) >= 11 is 9.42. The summed E-state index contributed by atoms with van der Waals surface area (Å²) < 4.78 is 14.0. The molecule has 0 aromatic heterocycles. The van der Waals surface area contributed by atoms with Crippen molar-refractivity contribution in [1.29, 1.82) is 0 Å². The number of nitrogens with zero attached hydrogens (tertiary/aromatic N) is 1. The maximum absolute atomic E-state index is 13.1. The van der Waals surface area contributed by atoms with Gasteiger partial charge in [-0.05, 0) is 45.8 Å². The minimum Gasteiger partial charge on any atom is -0.383 e. The Morgan fingerprint density at radius 1 is 1.32 bits per heavy atom. The average molecular weight is 430 g/mol. The van der Waals surface area contributed by atoms with E-state index < -0.39 is 11.8 Å². The normalized spacial score (nSPS) is 10.6. The number of hydrogen-bond donors (Lipinski definition) is 1. The molecule has 0 atom stereocenters. The highest BCUT2D eigenvalue weighted by Crippen LogP contribution is 2.21. The minimum absolute atomic E-state index is 0.0838. The molecule has 1 N–H and O–H groups in total. The van der Waals surface area contributed by atoms with Crippen molar-refractivity contribution in [2.75, 3.05) is 18.4 Å². The van der Waals surface area contributed by atoms with E-state index >= 15 is 0 Å². The van der Waals surface area contributed by atoms with Crippen molar-refractivity contribution in [2.45, 2.75) is 6.54 Å². The van der Waals surface area contributed by atoms with Crippen molar-refractivity contribution in [1.82, 2.24) is 5.06 Å². The van der Waals surface area contributed by atoms with Gasteiger partial charge >= 0.3 is 5.97 Å². The van der Waals surface area contributed by atoms with Crippen molar-refractivity contribution in [2.24, 2.45) is 0 Å². The first-order chi connectivity index (χ1) is 12.0. The predicted molar refractivity (Wildman–Crippen MR) is 96.6 cm³/mol. The molecular weight excluding hydrogens is 415 g/mol.